The predicted molar refractivity (Wildman–Crippen MR) is 88.6 cm³/mol. The molecule has 1 amide bonds. The number of hydrogen-bond donors (Lipinski definition) is 1. The van der Waals surface area contributed by atoms with Crippen molar-refractivity contribution in [2.75, 3.05) is 0 Å². The summed E-state index contributed by atoms with van der Waals surface area (Å²) in [5.41, 5.74) is 2.50. The maximum Gasteiger partial charge on any atom is 0.224 e. The number of aromatic nitrogens is 1. The van der Waals surface area contributed by atoms with Gasteiger partial charge in [0, 0.05) is 5.56 Å². The molecule has 0 saturated carbocycles. The first kappa shape index (κ1) is 15.9. The number of carbonyl (C=O) groups is 1. The molecule has 0 atom stereocenters. The Morgan fingerprint density at radius 2 is 1.83 bits per heavy atom. The fraction of sp³-hybridized carbons (Fsp3) is 0.158. The van der Waals surface area contributed by atoms with Gasteiger partial charge < -0.3 is 9.73 Å². The van der Waals surface area contributed by atoms with Crippen molar-refractivity contribution in [3.63, 3.8) is 0 Å². The Hall–Kier alpha value is -2.95. The van der Waals surface area contributed by atoms with Crippen LogP contribution in [-0.2, 0) is 17.8 Å². The van der Waals surface area contributed by atoms with Gasteiger partial charge in [0.15, 0.2) is 0 Å². The number of amides is 1. The maximum atomic E-state index is 12.9. The molecule has 0 bridgehead atoms. The second-order valence-corrected chi connectivity index (χ2v) is 5.46. The largest absolute Gasteiger partial charge is 0.443 e. The van der Waals surface area contributed by atoms with E-state index in [0.717, 1.165) is 16.8 Å². The lowest BCUT2D eigenvalue weighted by Gasteiger charge is -2.03. The van der Waals surface area contributed by atoms with Crippen LogP contribution >= 0.6 is 0 Å². The molecule has 4 nitrogen and oxygen atoms in total. The minimum atomic E-state index is -0.317. The molecule has 2 aromatic carbocycles. The van der Waals surface area contributed by atoms with Crippen molar-refractivity contribution < 1.29 is 13.6 Å². The summed E-state index contributed by atoms with van der Waals surface area (Å²) in [6, 6.07) is 15.6. The number of aryl methyl sites for hydroxylation is 1. The molecule has 3 rings (SSSR count). The monoisotopic (exact) mass is 324 g/mol. The highest BCUT2D eigenvalue weighted by molar-refractivity contribution is 5.78. The van der Waals surface area contributed by atoms with E-state index in [4.69, 9.17) is 4.42 Å². The fourth-order valence-corrected chi connectivity index (χ4v) is 2.42. The molecule has 1 heterocycles. The topological polar surface area (TPSA) is 55.1 Å². The van der Waals surface area contributed by atoms with Crippen LogP contribution in [-0.4, -0.2) is 10.9 Å². The molecule has 0 aliphatic rings. The molecule has 0 aliphatic heterocycles. The minimum Gasteiger partial charge on any atom is -0.443 e. The lowest BCUT2D eigenvalue weighted by molar-refractivity contribution is -0.120. The van der Waals surface area contributed by atoms with E-state index in [1.165, 1.54) is 12.1 Å². The molecule has 1 aromatic heterocycles. The number of halogens is 1. The van der Waals surface area contributed by atoms with Gasteiger partial charge >= 0.3 is 0 Å². The number of rotatable bonds is 5. The Balaban J connectivity index is 1.61. The second-order valence-electron chi connectivity index (χ2n) is 5.46. The van der Waals surface area contributed by atoms with E-state index in [0.29, 0.717) is 11.7 Å². The van der Waals surface area contributed by atoms with Gasteiger partial charge in [-0.05, 0) is 24.6 Å². The summed E-state index contributed by atoms with van der Waals surface area (Å²) < 4.78 is 18.5. The average Bonchev–Trinajstić information content (AvgIpc) is 2.97. The molecule has 24 heavy (non-hydrogen) atoms. The first-order chi connectivity index (χ1) is 11.6. The molecule has 0 unspecified atom stereocenters. The second kappa shape index (κ2) is 7.08. The van der Waals surface area contributed by atoms with Crippen LogP contribution in [0.5, 0.6) is 0 Å². The van der Waals surface area contributed by atoms with Crippen LogP contribution < -0.4 is 5.32 Å². The third kappa shape index (κ3) is 3.87. The number of benzene rings is 2. The first-order valence-electron chi connectivity index (χ1n) is 7.64. The van der Waals surface area contributed by atoms with Crippen molar-refractivity contribution in [2.24, 2.45) is 0 Å². The molecule has 0 spiro atoms. The summed E-state index contributed by atoms with van der Waals surface area (Å²) >= 11 is 0. The van der Waals surface area contributed by atoms with E-state index in [9.17, 15) is 9.18 Å². The molecule has 3 aromatic rings. The van der Waals surface area contributed by atoms with E-state index in [2.05, 4.69) is 10.3 Å². The van der Waals surface area contributed by atoms with Gasteiger partial charge in [0.25, 0.3) is 0 Å². The van der Waals surface area contributed by atoms with E-state index < -0.39 is 0 Å². The Morgan fingerprint density at radius 1 is 1.12 bits per heavy atom. The van der Waals surface area contributed by atoms with Crippen molar-refractivity contribution in [1.29, 1.82) is 0 Å². The smallest absolute Gasteiger partial charge is 0.224 e. The van der Waals surface area contributed by atoms with Crippen molar-refractivity contribution >= 4 is 5.91 Å². The Labute approximate surface area is 139 Å². The van der Waals surface area contributed by atoms with Gasteiger partial charge in [-0.25, -0.2) is 9.37 Å². The highest BCUT2D eigenvalue weighted by Crippen LogP contribution is 2.22. The van der Waals surface area contributed by atoms with Crippen LogP contribution in [0.15, 0.2) is 59.0 Å². The molecular formula is C19H17FN2O2. The Bertz CT molecular complexity index is 826. The van der Waals surface area contributed by atoms with Gasteiger partial charge in [-0.3, -0.25) is 4.79 Å². The average molecular weight is 324 g/mol. The fourth-order valence-electron chi connectivity index (χ4n) is 2.42. The summed E-state index contributed by atoms with van der Waals surface area (Å²) in [6.45, 7) is 2.06. The van der Waals surface area contributed by atoms with Crippen molar-refractivity contribution in [1.82, 2.24) is 10.3 Å². The molecular weight excluding hydrogens is 307 g/mol. The predicted octanol–water partition coefficient (Wildman–Crippen LogP) is 3.65. The quantitative estimate of drug-likeness (QED) is 0.779. The van der Waals surface area contributed by atoms with Crippen molar-refractivity contribution in [3.05, 3.63) is 77.6 Å². The van der Waals surface area contributed by atoms with Crippen LogP contribution in [0.3, 0.4) is 0 Å². The zero-order valence-electron chi connectivity index (χ0n) is 13.3. The summed E-state index contributed by atoms with van der Waals surface area (Å²) in [4.78, 5) is 16.4. The van der Waals surface area contributed by atoms with Gasteiger partial charge in [-0.2, -0.15) is 0 Å². The molecule has 1 N–H and O–H groups in total. The molecule has 0 radical (unpaired) electrons. The SMILES string of the molecule is Cc1oc(CNC(=O)Cc2ccc(F)cc2)nc1-c1ccccc1. The van der Waals surface area contributed by atoms with Gasteiger partial charge in [0.1, 0.15) is 17.3 Å². The lowest BCUT2D eigenvalue weighted by atomic mass is 10.1. The first-order valence-corrected chi connectivity index (χ1v) is 7.64. The van der Waals surface area contributed by atoms with E-state index in [1.807, 2.05) is 37.3 Å². The van der Waals surface area contributed by atoms with Crippen LogP contribution in [0.25, 0.3) is 11.3 Å². The maximum absolute atomic E-state index is 12.9. The summed E-state index contributed by atoms with van der Waals surface area (Å²) in [6.07, 6.45) is 0.186. The van der Waals surface area contributed by atoms with Gasteiger partial charge in [-0.1, -0.05) is 42.5 Å². The highest BCUT2D eigenvalue weighted by atomic mass is 19.1. The van der Waals surface area contributed by atoms with E-state index in [-0.39, 0.29) is 24.7 Å². The zero-order valence-corrected chi connectivity index (χ0v) is 13.3. The number of carbonyl (C=O) groups excluding carboxylic acids is 1. The third-order valence-corrected chi connectivity index (χ3v) is 3.60. The summed E-state index contributed by atoms with van der Waals surface area (Å²) in [7, 11) is 0. The molecule has 0 saturated heterocycles. The molecule has 0 aliphatic carbocycles. The standard InChI is InChI=1S/C19H17FN2O2/c1-13-19(15-5-3-2-4-6-15)22-18(24-13)12-21-17(23)11-14-7-9-16(20)10-8-14/h2-10H,11-12H2,1H3,(H,21,23). The van der Waals surface area contributed by atoms with Crippen LogP contribution in [0.2, 0.25) is 0 Å². The van der Waals surface area contributed by atoms with Gasteiger partial charge in [0.2, 0.25) is 11.8 Å². The lowest BCUT2D eigenvalue weighted by Crippen LogP contribution is -2.24. The summed E-state index contributed by atoms with van der Waals surface area (Å²) in [5, 5.41) is 2.77. The number of hydrogen-bond acceptors (Lipinski definition) is 3. The number of nitrogens with zero attached hydrogens (tertiary/aromatic N) is 1. The zero-order chi connectivity index (χ0) is 16.9. The van der Waals surface area contributed by atoms with Crippen molar-refractivity contribution in [3.8, 4) is 11.3 Å². The number of oxazole rings is 1. The minimum absolute atomic E-state index is 0.168. The number of nitrogens with one attached hydrogen (secondary N) is 1. The van der Waals surface area contributed by atoms with Gasteiger partial charge in [0.05, 0.1) is 13.0 Å². The molecule has 122 valence electrons. The van der Waals surface area contributed by atoms with E-state index in [1.54, 1.807) is 12.1 Å². The third-order valence-electron chi connectivity index (χ3n) is 3.60. The molecule has 0 fully saturated rings. The van der Waals surface area contributed by atoms with Crippen LogP contribution in [0.1, 0.15) is 17.2 Å². The van der Waals surface area contributed by atoms with Crippen LogP contribution in [0, 0.1) is 12.7 Å². The van der Waals surface area contributed by atoms with E-state index >= 15 is 0 Å². The summed E-state index contributed by atoms with van der Waals surface area (Å²) in [5.74, 6) is 0.685. The van der Waals surface area contributed by atoms with Gasteiger partial charge in [-0.15, -0.1) is 0 Å². The normalized spacial score (nSPS) is 10.6. The van der Waals surface area contributed by atoms with Crippen molar-refractivity contribution in [2.45, 2.75) is 19.9 Å². The van der Waals surface area contributed by atoms with Crippen LogP contribution in [0.4, 0.5) is 4.39 Å². The Kier molecular flexibility index (Phi) is 4.70. The molecule has 5 heteroatoms. The Morgan fingerprint density at radius 3 is 2.54 bits per heavy atom. The highest BCUT2D eigenvalue weighted by Gasteiger charge is 2.12.